The Hall–Kier alpha value is -2.62. The molecular weight excluding hydrogens is 262 g/mol. The zero-order valence-corrected chi connectivity index (χ0v) is 11.9. The molecule has 0 radical (unpaired) electrons. The van der Waals surface area contributed by atoms with Crippen molar-refractivity contribution in [3.8, 4) is 0 Å². The van der Waals surface area contributed by atoms with Crippen LogP contribution in [0.4, 0.5) is 0 Å². The van der Waals surface area contributed by atoms with Crippen molar-refractivity contribution in [2.45, 2.75) is 19.9 Å². The third-order valence-corrected chi connectivity index (χ3v) is 3.38. The van der Waals surface area contributed by atoms with E-state index in [2.05, 4.69) is 15.3 Å². The third kappa shape index (κ3) is 3.28. The van der Waals surface area contributed by atoms with Gasteiger partial charge in [0.15, 0.2) is 0 Å². The molecule has 3 aromatic rings. The first kappa shape index (κ1) is 13.4. The highest BCUT2D eigenvalue weighted by Gasteiger charge is 2.06. The predicted octanol–water partition coefficient (Wildman–Crippen LogP) is 2.73. The Morgan fingerprint density at radius 1 is 1.14 bits per heavy atom. The maximum Gasteiger partial charge on any atom is 0.224 e. The summed E-state index contributed by atoms with van der Waals surface area (Å²) >= 11 is 0. The molecule has 0 saturated carbocycles. The summed E-state index contributed by atoms with van der Waals surface area (Å²) in [6.45, 7) is 2.45. The Kier molecular flexibility index (Phi) is 3.69. The van der Waals surface area contributed by atoms with Crippen LogP contribution >= 0.6 is 0 Å². The van der Waals surface area contributed by atoms with Crippen molar-refractivity contribution in [3.05, 3.63) is 65.5 Å². The zero-order chi connectivity index (χ0) is 14.7. The first-order valence-electron chi connectivity index (χ1n) is 6.96. The van der Waals surface area contributed by atoms with Crippen LogP contribution in [0.3, 0.4) is 0 Å². The van der Waals surface area contributed by atoms with Crippen LogP contribution < -0.4 is 5.32 Å². The number of H-pyrrole nitrogens is 1. The van der Waals surface area contributed by atoms with Crippen molar-refractivity contribution in [3.63, 3.8) is 0 Å². The van der Waals surface area contributed by atoms with Crippen molar-refractivity contribution in [2.75, 3.05) is 0 Å². The van der Waals surface area contributed by atoms with Crippen LogP contribution in [0.15, 0.2) is 48.5 Å². The van der Waals surface area contributed by atoms with Gasteiger partial charge < -0.3 is 10.3 Å². The van der Waals surface area contributed by atoms with E-state index >= 15 is 0 Å². The SMILES string of the molecule is Cc1ccc(CC(=O)NCc2nc3ccccc3[nH]2)cc1. The van der Waals surface area contributed by atoms with E-state index in [1.165, 1.54) is 5.56 Å². The van der Waals surface area contributed by atoms with E-state index in [0.717, 1.165) is 22.4 Å². The Bertz CT molecular complexity index is 726. The molecule has 0 aliphatic heterocycles. The number of para-hydroxylation sites is 2. The molecule has 2 N–H and O–H groups in total. The Morgan fingerprint density at radius 2 is 1.90 bits per heavy atom. The summed E-state index contributed by atoms with van der Waals surface area (Å²) in [5.74, 6) is 0.771. The molecular formula is C17H17N3O. The van der Waals surface area contributed by atoms with Crippen LogP contribution in [0.2, 0.25) is 0 Å². The standard InChI is InChI=1S/C17H17N3O/c1-12-6-8-13(9-7-12)10-17(21)18-11-16-19-14-4-2-3-5-15(14)20-16/h2-9H,10-11H2,1H3,(H,18,21)(H,19,20). The molecule has 0 fully saturated rings. The molecule has 3 rings (SSSR count). The molecule has 0 unspecified atom stereocenters. The number of imidazole rings is 1. The lowest BCUT2D eigenvalue weighted by atomic mass is 10.1. The number of fused-ring (bicyclic) bond motifs is 1. The number of benzene rings is 2. The van der Waals surface area contributed by atoms with Crippen LogP contribution in [0.5, 0.6) is 0 Å². The smallest absolute Gasteiger partial charge is 0.224 e. The van der Waals surface area contributed by atoms with E-state index < -0.39 is 0 Å². The molecule has 1 aromatic heterocycles. The van der Waals surface area contributed by atoms with Crippen LogP contribution in [0, 0.1) is 6.92 Å². The average Bonchev–Trinajstić information content (AvgIpc) is 2.90. The number of hydrogen-bond donors (Lipinski definition) is 2. The molecule has 1 heterocycles. The van der Waals surface area contributed by atoms with Crippen LogP contribution in [-0.4, -0.2) is 15.9 Å². The first-order valence-corrected chi connectivity index (χ1v) is 6.96. The first-order chi connectivity index (χ1) is 10.2. The molecule has 0 saturated heterocycles. The number of carbonyl (C=O) groups is 1. The lowest BCUT2D eigenvalue weighted by Crippen LogP contribution is -2.25. The molecule has 1 amide bonds. The number of amides is 1. The summed E-state index contributed by atoms with van der Waals surface area (Å²) in [4.78, 5) is 19.6. The number of nitrogens with zero attached hydrogens (tertiary/aromatic N) is 1. The minimum Gasteiger partial charge on any atom is -0.349 e. The monoisotopic (exact) mass is 279 g/mol. The molecule has 21 heavy (non-hydrogen) atoms. The zero-order valence-electron chi connectivity index (χ0n) is 11.9. The second-order valence-corrected chi connectivity index (χ2v) is 5.14. The second-order valence-electron chi connectivity index (χ2n) is 5.14. The van der Waals surface area contributed by atoms with Gasteiger partial charge in [0.2, 0.25) is 5.91 Å². The van der Waals surface area contributed by atoms with Gasteiger partial charge in [0.25, 0.3) is 0 Å². The molecule has 4 heteroatoms. The molecule has 106 valence electrons. The topological polar surface area (TPSA) is 57.8 Å². The highest BCUT2D eigenvalue weighted by atomic mass is 16.1. The normalized spacial score (nSPS) is 10.7. The number of nitrogens with one attached hydrogen (secondary N) is 2. The molecule has 0 aliphatic carbocycles. The van der Waals surface area contributed by atoms with Crippen molar-refractivity contribution < 1.29 is 4.79 Å². The highest BCUT2D eigenvalue weighted by molar-refractivity contribution is 5.79. The van der Waals surface area contributed by atoms with E-state index in [1.54, 1.807) is 0 Å². The summed E-state index contributed by atoms with van der Waals surface area (Å²) in [5.41, 5.74) is 4.12. The molecule has 0 bridgehead atoms. The van der Waals surface area contributed by atoms with Gasteiger partial charge in [0.05, 0.1) is 24.0 Å². The molecule has 2 aromatic carbocycles. The lowest BCUT2D eigenvalue weighted by molar-refractivity contribution is -0.120. The fourth-order valence-electron chi connectivity index (χ4n) is 2.23. The maximum absolute atomic E-state index is 11.9. The summed E-state index contributed by atoms with van der Waals surface area (Å²) in [6, 6.07) is 15.8. The number of carbonyl (C=O) groups excluding carboxylic acids is 1. The van der Waals surface area contributed by atoms with Gasteiger partial charge >= 0.3 is 0 Å². The third-order valence-electron chi connectivity index (χ3n) is 3.38. The summed E-state index contributed by atoms with van der Waals surface area (Å²) < 4.78 is 0. The number of aromatic amines is 1. The van der Waals surface area contributed by atoms with Gasteiger partial charge in [0.1, 0.15) is 5.82 Å². The van der Waals surface area contributed by atoms with E-state index in [9.17, 15) is 4.79 Å². The van der Waals surface area contributed by atoms with E-state index in [-0.39, 0.29) is 5.91 Å². The quantitative estimate of drug-likeness (QED) is 0.771. The Labute approximate surface area is 123 Å². The predicted molar refractivity (Wildman–Crippen MR) is 82.8 cm³/mol. The average molecular weight is 279 g/mol. The van der Waals surface area contributed by atoms with Gasteiger partial charge in [-0.15, -0.1) is 0 Å². The van der Waals surface area contributed by atoms with Crippen LogP contribution in [0.25, 0.3) is 11.0 Å². The van der Waals surface area contributed by atoms with Crippen molar-refractivity contribution >= 4 is 16.9 Å². The maximum atomic E-state index is 11.9. The van der Waals surface area contributed by atoms with Gasteiger partial charge in [-0.1, -0.05) is 42.0 Å². The van der Waals surface area contributed by atoms with Crippen LogP contribution in [-0.2, 0) is 17.8 Å². The number of aryl methyl sites for hydroxylation is 1. The van der Waals surface area contributed by atoms with E-state index in [0.29, 0.717) is 13.0 Å². The summed E-state index contributed by atoms with van der Waals surface area (Å²) in [5, 5.41) is 2.89. The van der Waals surface area contributed by atoms with E-state index in [1.807, 2.05) is 55.5 Å². The molecule has 4 nitrogen and oxygen atoms in total. The number of aromatic nitrogens is 2. The molecule has 0 atom stereocenters. The minimum atomic E-state index is -0.000640. The summed E-state index contributed by atoms with van der Waals surface area (Å²) in [6.07, 6.45) is 0.389. The van der Waals surface area contributed by atoms with Gasteiger partial charge in [-0.2, -0.15) is 0 Å². The fourth-order valence-corrected chi connectivity index (χ4v) is 2.23. The lowest BCUT2D eigenvalue weighted by Gasteiger charge is -2.04. The number of hydrogen-bond acceptors (Lipinski definition) is 2. The van der Waals surface area contributed by atoms with Gasteiger partial charge in [0, 0.05) is 0 Å². The van der Waals surface area contributed by atoms with Crippen molar-refractivity contribution in [2.24, 2.45) is 0 Å². The van der Waals surface area contributed by atoms with Gasteiger partial charge in [-0.05, 0) is 24.6 Å². The molecule has 0 spiro atoms. The highest BCUT2D eigenvalue weighted by Crippen LogP contribution is 2.10. The van der Waals surface area contributed by atoms with Gasteiger partial charge in [-0.25, -0.2) is 4.98 Å². The fraction of sp³-hybridized carbons (Fsp3) is 0.176. The number of rotatable bonds is 4. The minimum absolute atomic E-state index is 0.000640. The largest absolute Gasteiger partial charge is 0.349 e. The second kappa shape index (κ2) is 5.79. The van der Waals surface area contributed by atoms with Crippen molar-refractivity contribution in [1.29, 1.82) is 0 Å². The van der Waals surface area contributed by atoms with E-state index in [4.69, 9.17) is 0 Å². The Balaban J connectivity index is 1.59. The van der Waals surface area contributed by atoms with Gasteiger partial charge in [-0.3, -0.25) is 4.79 Å². The Morgan fingerprint density at radius 3 is 2.67 bits per heavy atom. The molecule has 0 aliphatic rings. The van der Waals surface area contributed by atoms with Crippen molar-refractivity contribution in [1.82, 2.24) is 15.3 Å². The summed E-state index contributed by atoms with van der Waals surface area (Å²) in [7, 11) is 0. The van der Waals surface area contributed by atoms with Crippen LogP contribution in [0.1, 0.15) is 17.0 Å².